The fourth-order valence-electron chi connectivity index (χ4n) is 2.61. The number of likely N-dealkylation sites (tertiary alicyclic amines) is 1. The molecule has 1 fully saturated rings. The summed E-state index contributed by atoms with van der Waals surface area (Å²) >= 11 is 0. The molecule has 2 N–H and O–H groups in total. The largest absolute Gasteiger partial charge is 0.399 e. The quantitative estimate of drug-likeness (QED) is 0.761. The van der Waals surface area contributed by atoms with E-state index in [4.69, 9.17) is 5.73 Å². The molecule has 3 rings (SSSR count). The number of piperidine rings is 1. The number of rotatable bonds is 1. The normalized spacial score (nSPS) is 18.9. The second kappa shape index (κ2) is 4.04. The van der Waals surface area contributed by atoms with Gasteiger partial charge in [0.25, 0.3) is 0 Å². The van der Waals surface area contributed by atoms with E-state index in [9.17, 15) is 0 Å². The Morgan fingerprint density at radius 2 is 2.06 bits per heavy atom. The minimum Gasteiger partial charge on any atom is -0.399 e. The summed E-state index contributed by atoms with van der Waals surface area (Å²) in [4.78, 5) is 6.83. The molecule has 0 radical (unpaired) electrons. The number of hydrogen-bond donors (Lipinski definition) is 1. The molecule has 1 aliphatic rings. The third-order valence-corrected chi connectivity index (χ3v) is 3.68. The second-order valence-electron chi connectivity index (χ2n) is 4.93. The summed E-state index contributed by atoms with van der Waals surface area (Å²) in [6.45, 7) is 2.32. The molecular formula is C13H18N4. The third kappa shape index (κ3) is 1.89. The summed E-state index contributed by atoms with van der Waals surface area (Å²) in [6.07, 6.45) is 4.34. The number of nitrogen functional groups attached to an aromatic ring is 1. The van der Waals surface area contributed by atoms with Crippen molar-refractivity contribution in [2.45, 2.75) is 18.9 Å². The lowest BCUT2D eigenvalue weighted by atomic mass is 10.1. The zero-order valence-corrected chi connectivity index (χ0v) is 10.1. The maximum atomic E-state index is 5.85. The summed E-state index contributed by atoms with van der Waals surface area (Å²) in [5.41, 5.74) is 8.87. The van der Waals surface area contributed by atoms with Crippen LogP contribution in [0.25, 0.3) is 11.0 Å². The molecule has 1 aromatic heterocycles. The van der Waals surface area contributed by atoms with Gasteiger partial charge < -0.3 is 15.2 Å². The van der Waals surface area contributed by atoms with Crippen molar-refractivity contribution in [2.24, 2.45) is 0 Å². The molecule has 1 aliphatic heterocycles. The average molecular weight is 230 g/mol. The standard InChI is InChI=1S/C13H18N4/c1-16-6-4-11(5-7-16)17-9-15-12-3-2-10(14)8-13(12)17/h2-3,8-9,11H,4-7,14H2,1H3. The van der Waals surface area contributed by atoms with E-state index in [1.807, 2.05) is 24.5 Å². The number of aromatic nitrogens is 2. The highest BCUT2D eigenvalue weighted by Crippen LogP contribution is 2.26. The highest BCUT2D eigenvalue weighted by molar-refractivity contribution is 5.79. The van der Waals surface area contributed by atoms with Crippen molar-refractivity contribution in [1.82, 2.24) is 14.5 Å². The number of nitrogens with zero attached hydrogens (tertiary/aromatic N) is 3. The van der Waals surface area contributed by atoms with E-state index in [-0.39, 0.29) is 0 Å². The van der Waals surface area contributed by atoms with Crippen LogP contribution in [0.2, 0.25) is 0 Å². The topological polar surface area (TPSA) is 47.1 Å². The van der Waals surface area contributed by atoms with E-state index in [1.54, 1.807) is 0 Å². The summed E-state index contributed by atoms with van der Waals surface area (Å²) in [7, 11) is 2.18. The zero-order valence-electron chi connectivity index (χ0n) is 10.1. The predicted molar refractivity (Wildman–Crippen MR) is 69.9 cm³/mol. The first-order valence-electron chi connectivity index (χ1n) is 6.14. The van der Waals surface area contributed by atoms with Crippen LogP contribution in [0.15, 0.2) is 24.5 Å². The van der Waals surface area contributed by atoms with Crippen LogP contribution in [-0.4, -0.2) is 34.6 Å². The zero-order chi connectivity index (χ0) is 11.8. The van der Waals surface area contributed by atoms with Gasteiger partial charge in [0.05, 0.1) is 17.4 Å². The molecule has 4 heteroatoms. The van der Waals surface area contributed by atoms with Gasteiger partial charge in [-0.1, -0.05) is 0 Å². The van der Waals surface area contributed by atoms with E-state index < -0.39 is 0 Å². The molecule has 17 heavy (non-hydrogen) atoms. The van der Waals surface area contributed by atoms with Crippen LogP contribution in [-0.2, 0) is 0 Å². The van der Waals surface area contributed by atoms with Crippen LogP contribution in [0.5, 0.6) is 0 Å². The summed E-state index contributed by atoms with van der Waals surface area (Å²) in [5, 5.41) is 0. The summed E-state index contributed by atoms with van der Waals surface area (Å²) < 4.78 is 2.29. The molecule has 90 valence electrons. The number of benzene rings is 1. The van der Waals surface area contributed by atoms with Gasteiger partial charge in [-0.25, -0.2) is 4.98 Å². The Labute approximate surface area is 101 Å². The molecule has 0 atom stereocenters. The number of anilines is 1. The van der Waals surface area contributed by atoms with Gasteiger partial charge in [0.2, 0.25) is 0 Å². The van der Waals surface area contributed by atoms with Gasteiger partial charge in [-0.3, -0.25) is 0 Å². The Kier molecular flexibility index (Phi) is 2.52. The van der Waals surface area contributed by atoms with Crippen molar-refractivity contribution < 1.29 is 0 Å². The van der Waals surface area contributed by atoms with E-state index in [2.05, 4.69) is 21.5 Å². The van der Waals surface area contributed by atoms with Crippen LogP contribution in [0.1, 0.15) is 18.9 Å². The number of fused-ring (bicyclic) bond motifs is 1. The lowest BCUT2D eigenvalue weighted by molar-refractivity contribution is 0.223. The SMILES string of the molecule is CN1CCC(n2cnc3ccc(N)cc32)CC1. The minimum atomic E-state index is 0.568. The first-order valence-corrected chi connectivity index (χ1v) is 6.14. The smallest absolute Gasteiger partial charge is 0.0960 e. The molecule has 1 saturated heterocycles. The highest BCUT2D eigenvalue weighted by atomic mass is 15.1. The van der Waals surface area contributed by atoms with Crippen LogP contribution < -0.4 is 5.73 Å². The van der Waals surface area contributed by atoms with Gasteiger partial charge in [0, 0.05) is 11.7 Å². The second-order valence-corrected chi connectivity index (χ2v) is 4.93. The molecule has 2 heterocycles. The highest BCUT2D eigenvalue weighted by Gasteiger charge is 2.19. The molecule has 4 nitrogen and oxygen atoms in total. The Balaban J connectivity index is 1.97. The minimum absolute atomic E-state index is 0.568. The molecule has 0 amide bonds. The van der Waals surface area contributed by atoms with Crippen molar-refractivity contribution in [2.75, 3.05) is 25.9 Å². The Morgan fingerprint density at radius 1 is 1.29 bits per heavy atom. The van der Waals surface area contributed by atoms with Crippen molar-refractivity contribution in [3.05, 3.63) is 24.5 Å². The van der Waals surface area contributed by atoms with E-state index >= 15 is 0 Å². The van der Waals surface area contributed by atoms with Crippen LogP contribution in [0, 0.1) is 0 Å². The van der Waals surface area contributed by atoms with Gasteiger partial charge in [0.1, 0.15) is 0 Å². The summed E-state index contributed by atoms with van der Waals surface area (Å²) in [5.74, 6) is 0. The molecule has 0 bridgehead atoms. The monoisotopic (exact) mass is 230 g/mol. The van der Waals surface area contributed by atoms with E-state index in [0.717, 1.165) is 24.3 Å². The van der Waals surface area contributed by atoms with Gasteiger partial charge in [0.15, 0.2) is 0 Å². The van der Waals surface area contributed by atoms with Gasteiger partial charge >= 0.3 is 0 Å². The molecule has 1 aromatic carbocycles. The Morgan fingerprint density at radius 3 is 2.82 bits per heavy atom. The fourth-order valence-corrected chi connectivity index (χ4v) is 2.61. The van der Waals surface area contributed by atoms with Crippen LogP contribution in [0.4, 0.5) is 5.69 Å². The molecular weight excluding hydrogens is 212 g/mol. The first kappa shape index (κ1) is 10.6. The maximum Gasteiger partial charge on any atom is 0.0960 e. The number of hydrogen-bond acceptors (Lipinski definition) is 3. The third-order valence-electron chi connectivity index (χ3n) is 3.68. The fraction of sp³-hybridized carbons (Fsp3) is 0.462. The predicted octanol–water partition coefficient (Wildman–Crippen LogP) is 1.89. The maximum absolute atomic E-state index is 5.85. The van der Waals surface area contributed by atoms with Crippen molar-refractivity contribution in [3.8, 4) is 0 Å². The van der Waals surface area contributed by atoms with Crippen LogP contribution >= 0.6 is 0 Å². The van der Waals surface area contributed by atoms with Gasteiger partial charge in [-0.15, -0.1) is 0 Å². The van der Waals surface area contributed by atoms with Crippen molar-refractivity contribution >= 4 is 16.7 Å². The lowest BCUT2D eigenvalue weighted by Crippen LogP contribution is -2.31. The molecule has 0 spiro atoms. The van der Waals surface area contributed by atoms with Gasteiger partial charge in [-0.05, 0) is 51.2 Å². The Bertz CT molecular complexity index is 523. The Hall–Kier alpha value is -1.55. The van der Waals surface area contributed by atoms with Crippen molar-refractivity contribution in [1.29, 1.82) is 0 Å². The molecule has 2 aromatic rings. The molecule has 0 aliphatic carbocycles. The van der Waals surface area contributed by atoms with E-state index in [0.29, 0.717) is 6.04 Å². The molecule has 0 saturated carbocycles. The van der Waals surface area contributed by atoms with Gasteiger partial charge in [-0.2, -0.15) is 0 Å². The average Bonchev–Trinajstić information content (AvgIpc) is 2.73. The van der Waals surface area contributed by atoms with Crippen LogP contribution in [0.3, 0.4) is 0 Å². The number of imidazole rings is 1. The van der Waals surface area contributed by atoms with Crippen molar-refractivity contribution in [3.63, 3.8) is 0 Å². The first-order chi connectivity index (χ1) is 8.24. The summed E-state index contributed by atoms with van der Waals surface area (Å²) in [6, 6.07) is 6.50. The number of nitrogens with two attached hydrogens (primary N) is 1. The molecule has 0 unspecified atom stereocenters. The lowest BCUT2D eigenvalue weighted by Gasteiger charge is -2.30. The van der Waals surface area contributed by atoms with E-state index in [1.165, 1.54) is 18.4 Å².